The third-order valence-corrected chi connectivity index (χ3v) is 3.43. The van der Waals surface area contributed by atoms with Crippen LogP contribution < -0.4 is 4.74 Å². The second-order valence-corrected chi connectivity index (χ2v) is 5.65. The van der Waals surface area contributed by atoms with Gasteiger partial charge in [0.1, 0.15) is 18.1 Å². The maximum absolute atomic E-state index is 12.7. The number of carbonyl (C=O) groups is 1. The van der Waals surface area contributed by atoms with E-state index in [9.17, 15) is 18.0 Å². The van der Waals surface area contributed by atoms with Gasteiger partial charge < -0.3 is 14.1 Å². The van der Waals surface area contributed by atoms with Crippen LogP contribution in [-0.2, 0) is 11.3 Å². The van der Waals surface area contributed by atoms with E-state index in [-0.39, 0.29) is 23.1 Å². The number of nitrogens with zero attached hydrogens (tertiary/aromatic N) is 1. The van der Waals surface area contributed by atoms with E-state index in [0.717, 1.165) is 0 Å². The molecule has 24 heavy (non-hydrogen) atoms. The average Bonchev–Trinajstić information content (AvgIpc) is 2.97. The molecule has 0 aliphatic carbocycles. The molecule has 2 rings (SSSR count). The van der Waals surface area contributed by atoms with Gasteiger partial charge in [0, 0.05) is 5.02 Å². The smallest absolute Gasteiger partial charge is 0.406 e. The molecule has 1 amide bonds. The van der Waals surface area contributed by atoms with Gasteiger partial charge in [-0.3, -0.25) is 4.79 Å². The van der Waals surface area contributed by atoms with Crippen LogP contribution in [0.3, 0.4) is 0 Å². The quantitative estimate of drug-likeness (QED) is 0.736. The summed E-state index contributed by atoms with van der Waals surface area (Å²) in [5.41, 5.74) is 0. The molecule has 0 fully saturated rings. The maximum Gasteiger partial charge on any atom is 0.406 e. The fourth-order valence-electron chi connectivity index (χ4n) is 1.86. The molecule has 0 saturated carbocycles. The van der Waals surface area contributed by atoms with E-state index in [2.05, 4.69) is 0 Å². The summed E-state index contributed by atoms with van der Waals surface area (Å²) in [6.07, 6.45) is -3.23. The number of alkyl halides is 3. The molecule has 2 aromatic rings. The first-order valence-electron chi connectivity index (χ1n) is 6.69. The molecular formula is C15H12Cl2F3NO3. The third kappa shape index (κ3) is 5.65. The number of furan rings is 1. The maximum atomic E-state index is 12.7. The molecular weight excluding hydrogens is 370 g/mol. The van der Waals surface area contributed by atoms with Crippen LogP contribution in [0.15, 0.2) is 41.0 Å². The molecule has 1 aromatic carbocycles. The highest BCUT2D eigenvalue weighted by Crippen LogP contribution is 2.27. The molecule has 1 heterocycles. The molecule has 1 aromatic heterocycles. The van der Waals surface area contributed by atoms with Crippen LogP contribution in [0.1, 0.15) is 5.76 Å². The molecule has 0 atom stereocenters. The summed E-state index contributed by atoms with van der Waals surface area (Å²) in [5, 5.41) is 0.527. The Balaban J connectivity index is 2.03. The summed E-state index contributed by atoms with van der Waals surface area (Å²) in [6.45, 7) is -2.33. The van der Waals surface area contributed by atoms with E-state index in [0.29, 0.717) is 9.92 Å². The molecule has 0 unspecified atom stereocenters. The minimum atomic E-state index is -4.54. The zero-order chi connectivity index (χ0) is 17.7. The number of benzene rings is 1. The van der Waals surface area contributed by atoms with Crippen molar-refractivity contribution in [2.75, 3.05) is 13.2 Å². The van der Waals surface area contributed by atoms with Crippen molar-refractivity contribution in [1.29, 1.82) is 0 Å². The monoisotopic (exact) mass is 381 g/mol. The molecule has 0 spiro atoms. The van der Waals surface area contributed by atoms with Crippen LogP contribution in [0.2, 0.25) is 10.0 Å². The highest BCUT2D eigenvalue weighted by Gasteiger charge is 2.33. The fourth-order valence-corrected chi connectivity index (χ4v) is 2.33. The largest absolute Gasteiger partial charge is 0.482 e. The number of amides is 1. The standard InChI is InChI=1S/C15H12Cl2F3NO3/c16-10-3-4-13(12(17)6-10)24-8-14(22)21(9-15(18,19)20)7-11-2-1-5-23-11/h1-6H,7-9H2. The van der Waals surface area contributed by atoms with Gasteiger partial charge in [-0.1, -0.05) is 23.2 Å². The minimum absolute atomic E-state index is 0.152. The predicted molar refractivity (Wildman–Crippen MR) is 82.1 cm³/mol. The summed E-state index contributed by atoms with van der Waals surface area (Å²) in [6, 6.07) is 7.32. The van der Waals surface area contributed by atoms with Crippen molar-refractivity contribution in [2.24, 2.45) is 0 Å². The van der Waals surface area contributed by atoms with Crippen molar-refractivity contribution in [3.05, 3.63) is 52.4 Å². The Labute approximate surface area is 145 Å². The van der Waals surface area contributed by atoms with Gasteiger partial charge in [0.05, 0.1) is 17.8 Å². The number of halogens is 5. The van der Waals surface area contributed by atoms with Crippen molar-refractivity contribution in [3.8, 4) is 5.75 Å². The van der Waals surface area contributed by atoms with E-state index >= 15 is 0 Å². The molecule has 0 N–H and O–H groups in total. The van der Waals surface area contributed by atoms with E-state index < -0.39 is 25.2 Å². The van der Waals surface area contributed by atoms with Gasteiger partial charge in [-0.05, 0) is 30.3 Å². The predicted octanol–water partition coefficient (Wildman–Crippen LogP) is 4.56. The van der Waals surface area contributed by atoms with Gasteiger partial charge in [-0.25, -0.2) is 0 Å². The van der Waals surface area contributed by atoms with Crippen molar-refractivity contribution >= 4 is 29.1 Å². The Kier molecular flexibility index (Phi) is 6.01. The Bertz CT molecular complexity index is 690. The fraction of sp³-hybridized carbons (Fsp3) is 0.267. The van der Waals surface area contributed by atoms with Gasteiger partial charge in [-0.2, -0.15) is 13.2 Å². The van der Waals surface area contributed by atoms with E-state index in [1.807, 2.05) is 0 Å². The lowest BCUT2D eigenvalue weighted by Gasteiger charge is -2.23. The lowest BCUT2D eigenvalue weighted by Crippen LogP contribution is -2.40. The summed E-state index contributed by atoms with van der Waals surface area (Å²) in [7, 11) is 0. The van der Waals surface area contributed by atoms with Crippen molar-refractivity contribution in [1.82, 2.24) is 4.90 Å². The Hall–Kier alpha value is -1.86. The summed E-state index contributed by atoms with van der Waals surface area (Å²) < 4.78 is 48.2. The minimum Gasteiger partial charge on any atom is -0.482 e. The molecule has 0 saturated heterocycles. The summed E-state index contributed by atoms with van der Waals surface area (Å²) in [5.74, 6) is -0.466. The molecule has 0 aliphatic rings. The molecule has 130 valence electrons. The molecule has 0 aliphatic heterocycles. The number of hydrogen-bond acceptors (Lipinski definition) is 3. The third-order valence-electron chi connectivity index (χ3n) is 2.89. The van der Waals surface area contributed by atoms with Crippen molar-refractivity contribution < 1.29 is 27.1 Å². The Morgan fingerprint density at radius 2 is 2.00 bits per heavy atom. The topological polar surface area (TPSA) is 42.7 Å². The number of carbonyl (C=O) groups excluding carboxylic acids is 1. The van der Waals surface area contributed by atoms with E-state index in [4.69, 9.17) is 32.4 Å². The molecule has 4 nitrogen and oxygen atoms in total. The van der Waals surface area contributed by atoms with Crippen LogP contribution >= 0.6 is 23.2 Å². The van der Waals surface area contributed by atoms with Crippen LogP contribution in [0.4, 0.5) is 13.2 Å². The number of rotatable bonds is 6. The first-order valence-corrected chi connectivity index (χ1v) is 7.45. The van der Waals surface area contributed by atoms with Crippen molar-refractivity contribution in [3.63, 3.8) is 0 Å². The first-order chi connectivity index (χ1) is 11.2. The first kappa shape index (κ1) is 18.5. The Morgan fingerprint density at radius 3 is 2.58 bits per heavy atom. The molecule has 0 bridgehead atoms. The van der Waals surface area contributed by atoms with Gasteiger partial charge in [0.2, 0.25) is 0 Å². The molecule has 9 heteroatoms. The van der Waals surface area contributed by atoms with E-state index in [1.54, 1.807) is 0 Å². The van der Waals surface area contributed by atoms with Crippen LogP contribution in [0, 0.1) is 0 Å². The second-order valence-electron chi connectivity index (χ2n) is 4.81. The zero-order valence-electron chi connectivity index (χ0n) is 12.1. The number of hydrogen-bond donors (Lipinski definition) is 0. The summed E-state index contributed by atoms with van der Waals surface area (Å²) in [4.78, 5) is 12.7. The van der Waals surface area contributed by atoms with Gasteiger partial charge in [0.25, 0.3) is 5.91 Å². The lowest BCUT2D eigenvalue weighted by atomic mass is 10.3. The Morgan fingerprint density at radius 1 is 1.25 bits per heavy atom. The zero-order valence-corrected chi connectivity index (χ0v) is 13.7. The molecule has 0 radical (unpaired) electrons. The SMILES string of the molecule is O=C(COc1ccc(Cl)cc1Cl)N(Cc1ccco1)CC(F)(F)F. The normalized spacial score (nSPS) is 11.4. The highest BCUT2D eigenvalue weighted by molar-refractivity contribution is 6.35. The average molecular weight is 382 g/mol. The van der Waals surface area contributed by atoms with Crippen LogP contribution in [0.5, 0.6) is 5.75 Å². The van der Waals surface area contributed by atoms with Crippen LogP contribution in [-0.4, -0.2) is 30.1 Å². The van der Waals surface area contributed by atoms with Gasteiger partial charge in [-0.15, -0.1) is 0 Å². The van der Waals surface area contributed by atoms with Crippen LogP contribution in [0.25, 0.3) is 0 Å². The number of ether oxygens (including phenoxy) is 1. The lowest BCUT2D eigenvalue weighted by molar-refractivity contribution is -0.164. The highest BCUT2D eigenvalue weighted by atomic mass is 35.5. The summed E-state index contributed by atoms with van der Waals surface area (Å²) >= 11 is 11.6. The van der Waals surface area contributed by atoms with Gasteiger partial charge in [0.15, 0.2) is 6.61 Å². The second kappa shape index (κ2) is 7.81. The van der Waals surface area contributed by atoms with Gasteiger partial charge >= 0.3 is 6.18 Å². The van der Waals surface area contributed by atoms with E-state index in [1.165, 1.54) is 36.6 Å². The van der Waals surface area contributed by atoms with Crippen molar-refractivity contribution in [2.45, 2.75) is 12.7 Å².